The molecule has 2 heteroatoms. The van der Waals surface area contributed by atoms with Crippen molar-refractivity contribution in [3.05, 3.63) is 288 Å². The highest BCUT2D eigenvalue weighted by atomic mass is 15.1. The number of anilines is 6. The van der Waals surface area contributed by atoms with Gasteiger partial charge in [-0.1, -0.05) is 200 Å². The summed E-state index contributed by atoms with van der Waals surface area (Å²) in [5.41, 5.74) is 21.1. The fourth-order valence-electron chi connectivity index (χ4n) is 9.10. The molecule has 0 atom stereocenters. The van der Waals surface area contributed by atoms with E-state index in [1.807, 2.05) is 0 Å². The van der Waals surface area contributed by atoms with E-state index in [1.54, 1.807) is 0 Å². The first-order valence-electron chi connectivity index (χ1n) is 23.3. The number of hydrogen-bond donors (Lipinski definition) is 0. The molecule has 10 aromatic rings. The second kappa shape index (κ2) is 20.2. The van der Waals surface area contributed by atoms with Crippen LogP contribution in [0.4, 0.5) is 34.1 Å². The number of hydrogen-bond acceptors (Lipinski definition) is 2. The third-order valence-corrected chi connectivity index (χ3v) is 12.5. The fraction of sp³-hybridized carbons (Fsp3) is 0.0303. The van der Waals surface area contributed by atoms with Crippen molar-refractivity contribution in [1.29, 1.82) is 0 Å². The molecule has 0 bridgehead atoms. The van der Waals surface area contributed by atoms with Crippen LogP contribution in [-0.4, -0.2) is 0 Å². The zero-order chi connectivity index (χ0) is 46.1. The summed E-state index contributed by atoms with van der Waals surface area (Å²) >= 11 is 0. The number of aryl methyl sites for hydroxylation is 2. The Kier molecular flexibility index (Phi) is 12.8. The van der Waals surface area contributed by atoms with Crippen LogP contribution in [0, 0.1) is 13.8 Å². The first-order valence-corrected chi connectivity index (χ1v) is 23.3. The maximum absolute atomic E-state index is 2.36. The monoisotopic (exact) mass is 872 g/mol. The summed E-state index contributed by atoms with van der Waals surface area (Å²) in [6.07, 6.45) is 8.86. The van der Waals surface area contributed by atoms with E-state index in [9.17, 15) is 0 Å². The largest absolute Gasteiger partial charge is 0.311 e. The number of benzene rings is 10. The molecule has 0 heterocycles. The lowest BCUT2D eigenvalue weighted by Crippen LogP contribution is -2.09. The average molecular weight is 873 g/mol. The van der Waals surface area contributed by atoms with Gasteiger partial charge in [-0.05, 0) is 159 Å². The molecule has 0 amide bonds. The summed E-state index contributed by atoms with van der Waals surface area (Å²) < 4.78 is 0. The molecule has 326 valence electrons. The third kappa shape index (κ3) is 9.63. The van der Waals surface area contributed by atoms with Crippen LogP contribution in [0.15, 0.2) is 255 Å². The summed E-state index contributed by atoms with van der Waals surface area (Å²) in [4.78, 5) is 4.58. The van der Waals surface area contributed by atoms with Crippen molar-refractivity contribution in [3.63, 3.8) is 0 Å². The number of para-hydroxylation sites is 4. The molecule has 10 aromatic carbocycles. The molecule has 0 aromatic heterocycles. The average Bonchev–Trinajstić information content (AvgIpc) is 3.40. The second-order valence-electron chi connectivity index (χ2n) is 17.1. The van der Waals surface area contributed by atoms with Gasteiger partial charge >= 0.3 is 0 Å². The molecule has 0 saturated carbocycles. The Morgan fingerprint density at radius 1 is 0.221 bits per heavy atom. The van der Waals surface area contributed by atoms with E-state index in [4.69, 9.17) is 0 Å². The molecule has 0 fully saturated rings. The van der Waals surface area contributed by atoms with Crippen molar-refractivity contribution in [1.82, 2.24) is 0 Å². The smallest absolute Gasteiger partial charge is 0.0462 e. The minimum absolute atomic E-state index is 1.11. The van der Waals surface area contributed by atoms with Crippen LogP contribution in [0.25, 0.3) is 57.7 Å². The lowest BCUT2D eigenvalue weighted by atomic mass is 9.86. The Morgan fingerprint density at radius 3 is 0.941 bits per heavy atom. The molecule has 68 heavy (non-hydrogen) atoms. The van der Waals surface area contributed by atoms with Gasteiger partial charge in [-0.2, -0.15) is 0 Å². The van der Waals surface area contributed by atoms with Gasteiger partial charge in [0.2, 0.25) is 0 Å². The summed E-state index contributed by atoms with van der Waals surface area (Å²) in [6.45, 7) is 4.43. The van der Waals surface area contributed by atoms with Gasteiger partial charge in [-0.3, -0.25) is 0 Å². The molecule has 0 aliphatic rings. The molecule has 0 aliphatic carbocycles. The normalized spacial score (nSPS) is 11.3. The Morgan fingerprint density at radius 2 is 0.515 bits per heavy atom. The molecular weight excluding hydrogens is 821 g/mol. The third-order valence-electron chi connectivity index (χ3n) is 12.5. The first kappa shape index (κ1) is 43.2. The minimum Gasteiger partial charge on any atom is -0.311 e. The highest BCUT2D eigenvalue weighted by molar-refractivity contribution is 5.94. The van der Waals surface area contributed by atoms with E-state index in [0.29, 0.717) is 0 Å². The molecule has 2 nitrogen and oxygen atoms in total. The predicted octanol–water partition coefficient (Wildman–Crippen LogP) is 18.6. The van der Waals surface area contributed by atoms with Crippen LogP contribution in [0.3, 0.4) is 0 Å². The zero-order valence-corrected chi connectivity index (χ0v) is 38.5. The van der Waals surface area contributed by atoms with Crippen LogP contribution in [0.2, 0.25) is 0 Å². The van der Waals surface area contributed by atoms with Crippen molar-refractivity contribution in [2.75, 3.05) is 9.80 Å². The number of rotatable bonds is 13. The van der Waals surface area contributed by atoms with Crippen molar-refractivity contribution in [3.8, 4) is 33.4 Å². The lowest BCUT2D eigenvalue weighted by Gasteiger charge is -2.25. The van der Waals surface area contributed by atoms with Gasteiger partial charge in [0, 0.05) is 34.1 Å². The highest BCUT2D eigenvalue weighted by Gasteiger charge is 2.17. The topological polar surface area (TPSA) is 6.48 Å². The quantitative estimate of drug-likeness (QED) is 0.107. The summed E-state index contributed by atoms with van der Waals surface area (Å²) in [7, 11) is 0. The highest BCUT2D eigenvalue weighted by Crippen LogP contribution is 2.42. The summed E-state index contributed by atoms with van der Waals surface area (Å²) in [6, 6.07) is 91.0. The predicted molar refractivity (Wildman–Crippen MR) is 292 cm³/mol. The molecule has 10 rings (SSSR count). The first-order chi connectivity index (χ1) is 33.6. The van der Waals surface area contributed by atoms with Crippen LogP contribution in [0.5, 0.6) is 0 Å². The van der Waals surface area contributed by atoms with E-state index in [1.165, 1.54) is 44.5 Å². The Bertz CT molecular complexity index is 3240. The van der Waals surface area contributed by atoms with Gasteiger partial charge in [0.1, 0.15) is 0 Å². The van der Waals surface area contributed by atoms with Crippen molar-refractivity contribution >= 4 is 58.4 Å². The summed E-state index contributed by atoms with van der Waals surface area (Å²) in [5.74, 6) is 0. The van der Waals surface area contributed by atoms with Crippen molar-refractivity contribution in [2.24, 2.45) is 0 Å². The zero-order valence-electron chi connectivity index (χ0n) is 38.5. The Balaban J connectivity index is 0.931. The van der Waals surface area contributed by atoms with Crippen molar-refractivity contribution in [2.45, 2.75) is 13.8 Å². The Hall–Kier alpha value is -8.72. The van der Waals surface area contributed by atoms with Crippen LogP contribution >= 0.6 is 0 Å². The molecule has 0 unspecified atom stereocenters. The van der Waals surface area contributed by atoms with Gasteiger partial charge in [0.15, 0.2) is 0 Å². The van der Waals surface area contributed by atoms with Gasteiger partial charge in [0.05, 0.1) is 0 Å². The van der Waals surface area contributed by atoms with Gasteiger partial charge < -0.3 is 9.80 Å². The minimum atomic E-state index is 1.11. The molecular formula is C66H52N2. The van der Waals surface area contributed by atoms with Crippen molar-refractivity contribution < 1.29 is 0 Å². The van der Waals surface area contributed by atoms with E-state index in [0.717, 1.165) is 56.4 Å². The lowest BCUT2D eigenvalue weighted by molar-refractivity contribution is 1.28. The van der Waals surface area contributed by atoms with E-state index in [2.05, 4.69) is 303 Å². The molecule has 0 saturated heterocycles. The maximum Gasteiger partial charge on any atom is 0.0462 e. The van der Waals surface area contributed by atoms with E-state index in [-0.39, 0.29) is 0 Å². The maximum atomic E-state index is 2.36. The fourth-order valence-corrected chi connectivity index (χ4v) is 9.10. The molecule has 0 aliphatic heterocycles. The Labute approximate surface area is 401 Å². The van der Waals surface area contributed by atoms with Gasteiger partial charge in [-0.15, -0.1) is 0 Å². The van der Waals surface area contributed by atoms with Gasteiger partial charge in [-0.25, -0.2) is 0 Å². The number of nitrogens with zero attached hydrogens (tertiary/aromatic N) is 2. The second-order valence-corrected chi connectivity index (χ2v) is 17.1. The van der Waals surface area contributed by atoms with Crippen LogP contribution < -0.4 is 9.80 Å². The van der Waals surface area contributed by atoms with E-state index >= 15 is 0 Å². The molecule has 0 radical (unpaired) electrons. The molecule has 0 spiro atoms. The van der Waals surface area contributed by atoms with E-state index < -0.39 is 0 Å². The molecule has 0 N–H and O–H groups in total. The van der Waals surface area contributed by atoms with Crippen LogP contribution in [0.1, 0.15) is 33.4 Å². The van der Waals surface area contributed by atoms with Gasteiger partial charge in [0.25, 0.3) is 0 Å². The summed E-state index contributed by atoms with van der Waals surface area (Å²) in [5, 5.41) is 0. The standard InChI is InChI=1S/C66H52N2/c1-49-19-15-16-28-61(49)65-46-40-54(34-32-52-37-43-60(44-38-52)68(57-24-11-5-12-25-57)58-26-13-6-14-27-58)48-66(65)64-30-18-17-29-63(64)62-45-39-53(47-50(62)2)33-31-51-35-41-59(42-36-51)67(55-20-7-3-8-21-55)56-22-9-4-10-23-56/h3-48H,1-2H3/b33-31+,34-32+. The van der Waals surface area contributed by atoms with Crippen LogP contribution in [-0.2, 0) is 0 Å². The SMILES string of the molecule is Cc1cc(/C=C/c2ccc(N(c3ccccc3)c3ccccc3)cc2)ccc1-c1ccccc1-c1cc(/C=C/c2ccc(N(c3ccccc3)c3ccccc3)cc2)ccc1-c1ccccc1C.